The zero-order valence-corrected chi connectivity index (χ0v) is 12.8. The third-order valence-corrected chi connectivity index (χ3v) is 4.61. The topological polar surface area (TPSA) is 62.2 Å². The molecule has 23 heavy (non-hydrogen) atoms. The Kier molecular flexibility index (Phi) is 3.20. The van der Waals surface area contributed by atoms with Crippen LogP contribution in [0.4, 0.5) is 5.13 Å². The zero-order chi connectivity index (χ0) is 15.8. The molecule has 4 aromatic rings. The fourth-order valence-corrected chi connectivity index (χ4v) is 3.39. The van der Waals surface area contributed by atoms with E-state index in [-0.39, 0.29) is 17.2 Å². The van der Waals surface area contributed by atoms with E-state index in [1.807, 2.05) is 48.5 Å². The van der Waals surface area contributed by atoms with Gasteiger partial charge in [0.15, 0.2) is 5.13 Å². The number of nitrogens with one attached hydrogen (secondary N) is 1. The molecule has 1 amide bonds. The molecule has 0 aliphatic rings. The standard InChI is InChI=1S/C18H12N2O2S/c21-16-12-6-2-1-5-11(12)9-10-13(16)17(22)20-18-19-14-7-3-4-8-15(14)23-18/h1-10,21H,(H,19,20,22). The minimum Gasteiger partial charge on any atom is -0.506 e. The highest BCUT2D eigenvalue weighted by atomic mass is 32.1. The third-order valence-electron chi connectivity index (χ3n) is 3.66. The molecule has 3 aromatic carbocycles. The molecule has 0 saturated carbocycles. The average molecular weight is 320 g/mol. The van der Waals surface area contributed by atoms with E-state index in [0.717, 1.165) is 15.6 Å². The summed E-state index contributed by atoms with van der Waals surface area (Å²) in [5, 5.41) is 15.2. The Bertz CT molecular complexity index is 1010. The molecule has 4 nitrogen and oxygen atoms in total. The van der Waals surface area contributed by atoms with Crippen molar-refractivity contribution in [1.82, 2.24) is 4.98 Å². The van der Waals surface area contributed by atoms with Crippen LogP contribution in [0.25, 0.3) is 21.0 Å². The highest BCUT2D eigenvalue weighted by Crippen LogP contribution is 2.30. The van der Waals surface area contributed by atoms with Crippen LogP contribution in [-0.4, -0.2) is 16.0 Å². The fraction of sp³-hybridized carbons (Fsp3) is 0. The molecule has 0 saturated heterocycles. The number of fused-ring (bicyclic) bond motifs is 2. The number of aromatic nitrogens is 1. The smallest absolute Gasteiger partial charge is 0.261 e. The van der Waals surface area contributed by atoms with E-state index in [4.69, 9.17) is 0 Å². The number of anilines is 1. The van der Waals surface area contributed by atoms with Crippen LogP contribution < -0.4 is 5.32 Å². The number of carbonyl (C=O) groups excluding carboxylic acids is 1. The Morgan fingerprint density at radius 1 is 1.00 bits per heavy atom. The van der Waals surface area contributed by atoms with Crippen LogP contribution in [0.3, 0.4) is 0 Å². The first-order chi connectivity index (χ1) is 11.2. The first kappa shape index (κ1) is 13.7. The van der Waals surface area contributed by atoms with E-state index < -0.39 is 0 Å². The number of hydrogen-bond donors (Lipinski definition) is 2. The summed E-state index contributed by atoms with van der Waals surface area (Å²) in [5.41, 5.74) is 1.08. The van der Waals surface area contributed by atoms with E-state index in [9.17, 15) is 9.90 Å². The molecule has 0 radical (unpaired) electrons. The molecule has 0 fully saturated rings. The Hall–Kier alpha value is -2.92. The van der Waals surface area contributed by atoms with Crippen LogP contribution in [0.2, 0.25) is 0 Å². The van der Waals surface area contributed by atoms with E-state index in [1.54, 1.807) is 12.1 Å². The van der Waals surface area contributed by atoms with Crippen LogP contribution in [0.15, 0.2) is 60.7 Å². The number of benzene rings is 3. The predicted octanol–water partition coefficient (Wildman–Crippen LogP) is 4.41. The summed E-state index contributed by atoms with van der Waals surface area (Å²) in [5.74, 6) is -0.381. The highest BCUT2D eigenvalue weighted by Gasteiger charge is 2.15. The van der Waals surface area contributed by atoms with Gasteiger partial charge in [-0.05, 0) is 23.6 Å². The average Bonchev–Trinajstić information content (AvgIpc) is 2.97. The number of rotatable bonds is 2. The number of hydrogen-bond acceptors (Lipinski definition) is 4. The lowest BCUT2D eigenvalue weighted by Gasteiger charge is -2.07. The van der Waals surface area contributed by atoms with Crippen molar-refractivity contribution in [2.45, 2.75) is 0 Å². The van der Waals surface area contributed by atoms with Gasteiger partial charge in [0.25, 0.3) is 5.91 Å². The van der Waals surface area contributed by atoms with Crippen molar-refractivity contribution in [3.8, 4) is 5.75 Å². The largest absolute Gasteiger partial charge is 0.506 e. The molecule has 0 bridgehead atoms. The molecule has 4 rings (SSSR count). The van der Waals surface area contributed by atoms with E-state index in [1.165, 1.54) is 11.3 Å². The molecule has 5 heteroatoms. The van der Waals surface area contributed by atoms with Crippen LogP contribution in [-0.2, 0) is 0 Å². The third kappa shape index (κ3) is 2.41. The van der Waals surface area contributed by atoms with Crippen LogP contribution in [0, 0.1) is 0 Å². The minimum atomic E-state index is -0.368. The maximum atomic E-state index is 12.5. The lowest BCUT2D eigenvalue weighted by Crippen LogP contribution is -2.11. The minimum absolute atomic E-state index is 0.0123. The normalized spacial score (nSPS) is 11.0. The van der Waals surface area contributed by atoms with Crippen molar-refractivity contribution in [1.29, 1.82) is 0 Å². The van der Waals surface area contributed by atoms with Crippen molar-refractivity contribution in [3.63, 3.8) is 0 Å². The SMILES string of the molecule is O=C(Nc1nc2ccccc2s1)c1ccc2ccccc2c1O. The summed E-state index contributed by atoms with van der Waals surface area (Å²) in [6, 6.07) is 18.5. The van der Waals surface area contributed by atoms with Crippen LogP contribution in [0.1, 0.15) is 10.4 Å². The van der Waals surface area contributed by atoms with Gasteiger partial charge >= 0.3 is 0 Å². The summed E-state index contributed by atoms with van der Waals surface area (Å²) in [6.45, 7) is 0. The first-order valence-electron chi connectivity index (χ1n) is 7.10. The maximum Gasteiger partial charge on any atom is 0.261 e. The van der Waals surface area contributed by atoms with Gasteiger partial charge in [-0.2, -0.15) is 0 Å². The summed E-state index contributed by atoms with van der Waals surface area (Å²) < 4.78 is 1.01. The summed E-state index contributed by atoms with van der Waals surface area (Å²) >= 11 is 1.41. The van der Waals surface area contributed by atoms with E-state index in [2.05, 4.69) is 10.3 Å². The Labute approximate surface area is 136 Å². The number of carbonyl (C=O) groups is 1. The van der Waals surface area contributed by atoms with Gasteiger partial charge in [-0.3, -0.25) is 10.1 Å². The molecule has 0 aliphatic heterocycles. The molecule has 112 valence electrons. The predicted molar refractivity (Wildman–Crippen MR) is 93.2 cm³/mol. The lowest BCUT2D eigenvalue weighted by atomic mass is 10.1. The van der Waals surface area contributed by atoms with Gasteiger partial charge < -0.3 is 5.11 Å². The number of phenols is 1. The van der Waals surface area contributed by atoms with Crippen LogP contribution >= 0.6 is 11.3 Å². The van der Waals surface area contributed by atoms with Crippen molar-refractivity contribution in [3.05, 3.63) is 66.2 Å². The number of amides is 1. The maximum absolute atomic E-state index is 12.5. The van der Waals surface area contributed by atoms with Gasteiger partial charge in [0.05, 0.1) is 15.8 Å². The molecule has 0 spiro atoms. The van der Waals surface area contributed by atoms with Gasteiger partial charge in [-0.15, -0.1) is 0 Å². The van der Waals surface area contributed by atoms with Crippen molar-refractivity contribution < 1.29 is 9.90 Å². The number of nitrogens with zero attached hydrogens (tertiary/aromatic N) is 1. The van der Waals surface area contributed by atoms with E-state index in [0.29, 0.717) is 10.5 Å². The second-order valence-corrected chi connectivity index (χ2v) is 6.15. The molecule has 0 atom stereocenters. The van der Waals surface area contributed by atoms with Gasteiger partial charge in [-0.1, -0.05) is 53.8 Å². The zero-order valence-electron chi connectivity index (χ0n) is 12.0. The molecule has 1 aromatic heterocycles. The Morgan fingerprint density at radius 3 is 2.65 bits per heavy atom. The quantitative estimate of drug-likeness (QED) is 0.575. The number of para-hydroxylation sites is 1. The van der Waals surface area contributed by atoms with Crippen molar-refractivity contribution in [2.24, 2.45) is 0 Å². The highest BCUT2D eigenvalue weighted by molar-refractivity contribution is 7.22. The molecule has 0 aliphatic carbocycles. The van der Waals surface area contributed by atoms with Gasteiger partial charge in [-0.25, -0.2) is 4.98 Å². The second-order valence-electron chi connectivity index (χ2n) is 5.12. The van der Waals surface area contributed by atoms with Gasteiger partial charge in [0.2, 0.25) is 0 Å². The van der Waals surface area contributed by atoms with E-state index >= 15 is 0 Å². The van der Waals surface area contributed by atoms with Crippen LogP contribution in [0.5, 0.6) is 5.75 Å². The molecular formula is C18H12N2O2S. The fourth-order valence-electron chi connectivity index (χ4n) is 2.53. The molecule has 0 unspecified atom stereocenters. The Morgan fingerprint density at radius 2 is 1.78 bits per heavy atom. The number of phenolic OH excluding ortho intramolecular Hbond substituents is 1. The number of thiazole rings is 1. The molecular weight excluding hydrogens is 308 g/mol. The number of aromatic hydroxyl groups is 1. The molecule has 1 heterocycles. The summed E-state index contributed by atoms with van der Waals surface area (Å²) in [6.07, 6.45) is 0. The summed E-state index contributed by atoms with van der Waals surface area (Å²) in [4.78, 5) is 16.8. The Balaban J connectivity index is 1.70. The van der Waals surface area contributed by atoms with Crippen molar-refractivity contribution in [2.75, 3.05) is 5.32 Å². The second kappa shape index (κ2) is 5.37. The van der Waals surface area contributed by atoms with Crippen molar-refractivity contribution >= 4 is 43.4 Å². The lowest BCUT2D eigenvalue weighted by molar-refractivity contribution is 0.102. The summed E-state index contributed by atoms with van der Waals surface area (Å²) in [7, 11) is 0. The van der Waals surface area contributed by atoms with Gasteiger partial charge in [0.1, 0.15) is 5.75 Å². The molecule has 2 N–H and O–H groups in total. The monoisotopic (exact) mass is 320 g/mol. The van der Waals surface area contributed by atoms with Gasteiger partial charge in [0, 0.05) is 5.39 Å². The first-order valence-corrected chi connectivity index (χ1v) is 7.92.